The number of piperazine rings is 1. The van der Waals surface area contributed by atoms with E-state index in [0.717, 1.165) is 6.54 Å². The Morgan fingerprint density at radius 3 is 2.69 bits per heavy atom. The maximum atomic E-state index is 11.9. The Morgan fingerprint density at radius 2 is 2.06 bits per heavy atom. The van der Waals surface area contributed by atoms with Gasteiger partial charge in [-0.25, -0.2) is 0 Å². The predicted molar refractivity (Wildman–Crippen MR) is 60.7 cm³/mol. The zero-order chi connectivity index (χ0) is 11.7. The molecule has 1 saturated carbocycles. The summed E-state index contributed by atoms with van der Waals surface area (Å²) >= 11 is 0. The van der Waals surface area contributed by atoms with Gasteiger partial charge >= 0.3 is 0 Å². The lowest BCUT2D eigenvalue weighted by molar-refractivity contribution is -0.144. The van der Waals surface area contributed by atoms with E-state index in [1.165, 1.54) is 19.3 Å². The van der Waals surface area contributed by atoms with Gasteiger partial charge in [0.05, 0.1) is 6.54 Å². The molecule has 1 aliphatic heterocycles. The first kappa shape index (κ1) is 11.4. The molecule has 4 nitrogen and oxygen atoms in total. The third kappa shape index (κ3) is 2.20. The summed E-state index contributed by atoms with van der Waals surface area (Å²) in [5.41, 5.74) is 0. The van der Waals surface area contributed by atoms with Gasteiger partial charge in [-0.1, -0.05) is 19.8 Å². The normalized spacial score (nSPS) is 35.4. The highest BCUT2D eigenvalue weighted by atomic mass is 16.2. The quantitative estimate of drug-likeness (QED) is 0.753. The van der Waals surface area contributed by atoms with E-state index in [0.29, 0.717) is 11.8 Å². The van der Waals surface area contributed by atoms with Crippen molar-refractivity contribution in [1.82, 2.24) is 10.2 Å². The van der Waals surface area contributed by atoms with Gasteiger partial charge < -0.3 is 10.2 Å². The first-order valence-corrected chi connectivity index (χ1v) is 6.16. The van der Waals surface area contributed by atoms with Crippen LogP contribution in [-0.2, 0) is 9.59 Å². The lowest BCUT2D eigenvalue weighted by Crippen LogP contribution is -2.57. The van der Waals surface area contributed by atoms with Crippen molar-refractivity contribution >= 4 is 11.8 Å². The van der Waals surface area contributed by atoms with Crippen LogP contribution in [0.2, 0.25) is 0 Å². The molecular formula is C12H20N2O2. The lowest BCUT2D eigenvalue weighted by atomic mass is 9.97. The van der Waals surface area contributed by atoms with Crippen LogP contribution in [0, 0.1) is 11.8 Å². The van der Waals surface area contributed by atoms with Gasteiger partial charge in [-0.2, -0.15) is 0 Å². The van der Waals surface area contributed by atoms with Gasteiger partial charge in [0.2, 0.25) is 11.8 Å². The molecule has 0 radical (unpaired) electrons. The summed E-state index contributed by atoms with van der Waals surface area (Å²) in [6, 6.07) is -0.349. The summed E-state index contributed by atoms with van der Waals surface area (Å²) < 4.78 is 0. The Labute approximate surface area is 96.4 Å². The summed E-state index contributed by atoms with van der Waals surface area (Å²) in [6.07, 6.45) is 3.71. The molecule has 0 spiro atoms. The Bertz CT molecular complexity index is 303. The van der Waals surface area contributed by atoms with Crippen molar-refractivity contribution in [3.8, 4) is 0 Å². The van der Waals surface area contributed by atoms with E-state index in [1.807, 2.05) is 0 Å². The number of nitrogens with zero attached hydrogens (tertiary/aromatic N) is 1. The van der Waals surface area contributed by atoms with Gasteiger partial charge in [0.25, 0.3) is 0 Å². The molecule has 0 aromatic carbocycles. The van der Waals surface area contributed by atoms with E-state index in [1.54, 1.807) is 11.8 Å². The molecule has 1 aliphatic carbocycles. The molecule has 2 aliphatic rings. The zero-order valence-corrected chi connectivity index (χ0v) is 10.0. The number of carbonyl (C=O) groups is 2. The summed E-state index contributed by atoms with van der Waals surface area (Å²) in [5, 5.41) is 2.66. The van der Waals surface area contributed by atoms with Crippen LogP contribution in [0.5, 0.6) is 0 Å². The molecule has 2 rings (SSSR count). The van der Waals surface area contributed by atoms with Crippen molar-refractivity contribution in [3.05, 3.63) is 0 Å². The van der Waals surface area contributed by atoms with E-state index in [-0.39, 0.29) is 24.4 Å². The number of hydrogen-bond donors (Lipinski definition) is 1. The number of nitrogens with one attached hydrogen (secondary N) is 1. The van der Waals surface area contributed by atoms with Crippen molar-refractivity contribution in [3.63, 3.8) is 0 Å². The van der Waals surface area contributed by atoms with Crippen LogP contribution in [0.25, 0.3) is 0 Å². The highest BCUT2D eigenvalue weighted by molar-refractivity contribution is 5.94. The van der Waals surface area contributed by atoms with E-state index in [9.17, 15) is 9.59 Å². The summed E-state index contributed by atoms with van der Waals surface area (Å²) in [7, 11) is 0. The van der Waals surface area contributed by atoms with Crippen LogP contribution in [0.3, 0.4) is 0 Å². The third-order valence-corrected chi connectivity index (χ3v) is 3.89. The number of rotatable bonds is 2. The Kier molecular flexibility index (Phi) is 3.17. The van der Waals surface area contributed by atoms with Crippen molar-refractivity contribution in [1.29, 1.82) is 0 Å². The Balaban J connectivity index is 1.97. The van der Waals surface area contributed by atoms with Crippen molar-refractivity contribution < 1.29 is 9.59 Å². The Hall–Kier alpha value is -1.06. The number of hydrogen-bond acceptors (Lipinski definition) is 2. The first-order valence-electron chi connectivity index (χ1n) is 6.16. The summed E-state index contributed by atoms with van der Waals surface area (Å²) in [4.78, 5) is 25.0. The molecule has 4 heteroatoms. The van der Waals surface area contributed by atoms with Gasteiger partial charge in [-0.15, -0.1) is 0 Å². The largest absolute Gasteiger partial charge is 0.343 e. The van der Waals surface area contributed by atoms with Crippen molar-refractivity contribution in [2.45, 2.75) is 39.2 Å². The average molecular weight is 224 g/mol. The standard InChI is InChI=1S/C12H20N2O2/c1-8-4-3-5-10(8)6-14-7-11(15)13-9(2)12(14)16/h8-10H,3-7H2,1-2H3,(H,13,15). The number of carbonyl (C=O) groups excluding carboxylic acids is 2. The second-order valence-corrected chi connectivity index (χ2v) is 5.18. The second-order valence-electron chi connectivity index (χ2n) is 5.18. The molecule has 1 saturated heterocycles. The molecule has 0 aromatic rings. The molecule has 90 valence electrons. The van der Waals surface area contributed by atoms with Gasteiger partial charge in [-0.05, 0) is 25.2 Å². The SMILES string of the molecule is CC1NC(=O)CN(CC2CCCC2C)C1=O. The van der Waals surface area contributed by atoms with E-state index in [4.69, 9.17) is 0 Å². The molecule has 3 unspecified atom stereocenters. The molecule has 2 amide bonds. The van der Waals surface area contributed by atoms with Gasteiger partial charge in [0.1, 0.15) is 6.04 Å². The molecule has 1 heterocycles. The average Bonchev–Trinajstić information content (AvgIpc) is 2.60. The molecule has 16 heavy (non-hydrogen) atoms. The first-order chi connectivity index (χ1) is 7.58. The van der Waals surface area contributed by atoms with E-state index >= 15 is 0 Å². The predicted octanol–water partition coefficient (Wildman–Crippen LogP) is 0.769. The van der Waals surface area contributed by atoms with E-state index in [2.05, 4.69) is 12.2 Å². The zero-order valence-electron chi connectivity index (χ0n) is 10.0. The fourth-order valence-electron chi connectivity index (χ4n) is 2.81. The lowest BCUT2D eigenvalue weighted by Gasteiger charge is -2.33. The minimum atomic E-state index is -0.349. The monoisotopic (exact) mass is 224 g/mol. The maximum absolute atomic E-state index is 11.9. The molecule has 2 fully saturated rings. The molecule has 3 atom stereocenters. The van der Waals surface area contributed by atoms with Crippen molar-refractivity contribution in [2.75, 3.05) is 13.1 Å². The van der Waals surface area contributed by atoms with Crippen LogP contribution in [0.4, 0.5) is 0 Å². The van der Waals surface area contributed by atoms with Crippen LogP contribution in [-0.4, -0.2) is 35.8 Å². The smallest absolute Gasteiger partial charge is 0.245 e. The second kappa shape index (κ2) is 4.44. The van der Waals surface area contributed by atoms with Gasteiger partial charge in [-0.3, -0.25) is 9.59 Å². The summed E-state index contributed by atoms with van der Waals surface area (Å²) in [6.45, 7) is 5.00. The number of amides is 2. The van der Waals surface area contributed by atoms with E-state index < -0.39 is 0 Å². The third-order valence-electron chi connectivity index (χ3n) is 3.89. The fourth-order valence-corrected chi connectivity index (χ4v) is 2.81. The minimum absolute atomic E-state index is 0.0299. The highest BCUT2D eigenvalue weighted by Crippen LogP contribution is 2.31. The van der Waals surface area contributed by atoms with Crippen LogP contribution in [0.1, 0.15) is 33.1 Å². The van der Waals surface area contributed by atoms with Crippen LogP contribution >= 0.6 is 0 Å². The van der Waals surface area contributed by atoms with Gasteiger partial charge in [0, 0.05) is 6.54 Å². The topological polar surface area (TPSA) is 49.4 Å². The molecule has 1 N–H and O–H groups in total. The molecule has 0 aromatic heterocycles. The minimum Gasteiger partial charge on any atom is -0.343 e. The van der Waals surface area contributed by atoms with Gasteiger partial charge in [0.15, 0.2) is 0 Å². The Morgan fingerprint density at radius 1 is 1.31 bits per heavy atom. The van der Waals surface area contributed by atoms with Crippen LogP contribution in [0.15, 0.2) is 0 Å². The fraction of sp³-hybridized carbons (Fsp3) is 0.833. The summed E-state index contributed by atoms with van der Waals surface area (Å²) in [5.74, 6) is 1.31. The highest BCUT2D eigenvalue weighted by Gasteiger charge is 2.33. The van der Waals surface area contributed by atoms with Crippen molar-refractivity contribution in [2.24, 2.45) is 11.8 Å². The maximum Gasteiger partial charge on any atom is 0.245 e. The van der Waals surface area contributed by atoms with Crippen LogP contribution < -0.4 is 5.32 Å². The molecular weight excluding hydrogens is 204 g/mol. The molecule has 0 bridgehead atoms.